The van der Waals surface area contributed by atoms with Crippen molar-refractivity contribution in [2.24, 2.45) is 0 Å². The summed E-state index contributed by atoms with van der Waals surface area (Å²) in [7, 11) is 0. The number of nitrogens with zero attached hydrogens (tertiary/aromatic N) is 1. The van der Waals surface area contributed by atoms with Gasteiger partial charge in [-0.25, -0.2) is 4.39 Å². The molecule has 1 atom stereocenters. The van der Waals surface area contributed by atoms with Crippen molar-refractivity contribution in [3.63, 3.8) is 0 Å². The highest BCUT2D eigenvalue weighted by molar-refractivity contribution is 6.30. The van der Waals surface area contributed by atoms with Crippen molar-refractivity contribution in [3.05, 3.63) is 64.9 Å². The Labute approximate surface area is 157 Å². The number of halogens is 2. The summed E-state index contributed by atoms with van der Waals surface area (Å²) < 4.78 is 12.9. The molecule has 1 unspecified atom stereocenters. The molecule has 0 radical (unpaired) electrons. The molecule has 6 heteroatoms. The van der Waals surface area contributed by atoms with Gasteiger partial charge in [-0.3, -0.25) is 9.59 Å². The minimum atomic E-state index is -0.452. The molecule has 1 N–H and O–H groups in total. The van der Waals surface area contributed by atoms with E-state index < -0.39 is 6.04 Å². The number of hydrogen-bond acceptors (Lipinski definition) is 2. The average Bonchev–Trinajstić information content (AvgIpc) is 3.13. The summed E-state index contributed by atoms with van der Waals surface area (Å²) in [5.74, 6) is -0.526. The zero-order chi connectivity index (χ0) is 18.5. The van der Waals surface area contributed by atoms with Gasteiger partial charge in [-0.15, -0.1) is 0 Å². The van der Waals surface area contributed by atoms with E-state index in [1.807, 2.05) is 0 Å². The van der Waals surface area contributed by atoms with Crippen LogP contribution < -0.4 is 5.32 Å². The van der Waals surface area contributed by atoms with Gasteiger partial charge in [0.05, 0.1) is 0 Å². The molecule has 1 saturated heterocycles. The molecule has 0 bridgehead atoms. The predicted molar refractivity (Wildman–Crippen MR) is 99.5 cm³/mol. The Morgan fingerprint density at radius 1 is 1.12 bits per heavy atom. The molecule has 3 rings (SSSR count). The van der Waals surface area contributed by atoms with Gasteiger partial charge in [0.1, 0.15) is 11.9 Å². The summed E-state index contributed by atoms with van der Waals surface area (Å²) in [5.41, 5.74) is 1.56. The summed E-state index contributed by atoms with van der Waals surface area (Å²) in [4.78, 5) is 26.7. The lowest BCUT2D eigenvalue weighted by molar-refractivity contribution is -0.136. The highest BCUT2D eigenvalue weighted by Gasteiger charge is 2.33. The number of carbonyl (C=O) groups is 2. The number of carbonyl (C=O) groups excluding carboxylic acids is 2. The highest BCUT2D eigenvalue weighted by atomic mass is 35.5. The number of nitrogens with one attached hydrogen (secondary N) is 1. The van der Waals surface area contributed by atoms with Gasteiger partial charge >= 0.3 is 0 Å². The van der Waals surface area contributed by atoms with Gasteiger partial charge in [-0.2, -0.15) is 0 Å². The van der Waals surface area contributed by atoms with Crippen LogP contribution in [0, 0.1) is 5.82 Å². The molecule has 0 aromatic heterocycles. The monoisotopic (exact) mass is 374 g/mol. The quantitative estimate of drug-likeness (QED) is 0.858. The summed E-state index contributed by atoms with van der Waals surface area (Å²) >= 11 is 5.85. The van der Waals surface area contributed by atoms with E-state index in [1.54, 1.807) is 41.3 Å². The number of aryl methyl sites for hydroxylation is 1. The Morgan fingerprint density at radius 2 is 1.81 bits per heavy atom. The van der Waals surface area contributed by atoms with E-state index in [1.165, 1.54) is 12.1 Å². The van der Waals surface area contributed by atoms with Crippen molar-refractivity contribution in [2.75, 3.05) is 11.9 Å². The van der Waals surface area contributed by atoms with Crippen molar-refractivity contribution in [1.29, 1.82) is 0 Å². The van der Waals surface area contributed by atoms with Gasteiger partial charge in [0.25, 0.3) is 0 Å². The lowest BCUT2D eigenvalue weighted by Gasteiger charge is -2.24. The molecule has 26 heavy (non-hydrogen) atoms. The van der Waals surface area contributed by atoms with E-state index in [0.717, 1.165) is 12.0 Å². The molecule has 136 valence electrons. The van der Waals surface area contributed by atoms with Gasteiger partial charge < -0.3 is 10.2 Å². The SMILES string of the molecule is O=C(Nc1ccc(Cl)cc1)C1CCCN1C(=O)CCc1ccc(F)cc1. The second-order valence-corrected chi connectivity index (χ2v) is 6.80. The standard InChI is InChI=1S/C20H20ClFN2O2/c21-15-6-10-17(11-7-15)23-20(26)18-2-1-13-24(18)19(25)12-5-14-3-8-16(22)9-4-14/h3-4,6-11,18H,1-2,5,12-13H2,(H,23,26). The van der Waals surface area contributed by atoms with E-state index >= 15 is 0 Å². The molecule has 1 heterocycles. The first kappa shape index (κ1) is 18.4. The van der Waals surface area contributed by atoms with E-state index in [4.69, 9.17) is 11.6 Å². The van der Waals surface area contributed by atoms with Crippen molar-refractivity contribution in [1.82, 2.24) is 4.90 Å². The normalized spacial score (nSPS) is 16.5. The Balaban J connectivity index is 1.57. The van der Waals surface area contributed by atoms with E-state index in [9.17, 15) is 14.0 Å². The molecule has 0 saturated carbocycles. The van der Waals surface area contributed by atoms with E-state index in [-0.39, 0.29) is 17.6 Å². The van der Waals surface area contributed by atoms with Gasteiger partial charge in [0, 0.05) is 23.7 Å². The third-order valence-electron chi connectivity index (χ3n) is 4.53. The van der Waals surface area contributed by atoms with Gasteiger partial charge in [-0.1, -0.05) is 23.7 Å². The lowest BCUT2D eigenvalue weighted by Crippen LogP contribution is -2.43. The second kappa shape index (κ2) is 8.32. The molecule has 2 aromatic rings. The maximum Gasteiger partial charge on any atom is 0.247 e. The van der Waals surface area contributed by atoms with Crippen LogP contribution in [0.5, 0.6) is 0 Å². The molecule has 0 aliphatic carbocycles. The third kappa shape index (κ3) is 4.61. The van der Waals surface area contributed by atoms with Crippen LogP contribution in [0.15, 0.2) is 48.5 Å². The lowest BCUT2D eigenvalue weighted by atomic mass is 10.1. The van der Waals surface area contributed by atoms with E-state index in [2.05, 4.69) is 5.32 Å². The number of anilines is 1. The molecule has 2 amide bonds. The molecule has 2 aromatic carbocycles. The van der Waals surface area contributed by atoms with Crippen LogP contribution in [0.3, 0.4) is 0 Å². The Kier molecular flexibility index (Phi) is 5.89. The van der Waals surface area contributed by atoms with Crippen molar-refractivity contribution in [2.45, 2.75) is 31.7 Å². The van der Waals surface area contributed by atoms with Crippen molar-refractivity contribution in [3.8, 4) is 0 Å². The molecule has 1 fully saturated rings. The summed E-state index contributed by atoms with van der Waals surface area (Å²) in [6.45, 7) is 0.584. The first-order valence-electron chi connectivity index (χ1n) is 8.63. The Bertz CT molecular complexity index is 777. The third-order valence-corrected chi connectivity index (χ3v) is 4.78. The number of rotatable bonds is 5. The fourth-order valence-corrected chi connectivity index (χ4v) is 3.27. The molecule has 1 aliphatic rings. The minimum Gasteiger partial charge on any atom is -0.331 e. The van der Waals surface area contributed by atoms with Crippen LogP contribution >= 0.6 is 11.6 Å². The number of benzene rings is 2. The average molecular weight is 375 g/mol. The van der Waals surface area contributed by atoms with Crippen LogP contribution in [0.4, 0.5) is 10.1 Å². The van der Waals surface area contributed by atoms with Crippen LogP contribution in [-0.4, -0.2) is 29.3 Å². The zero-order valence-electron chi connectivity index (χ0n) is 14.3. The largest absolute Gasteiger partial charge is 0.331 e. The second-order valence-electron chi connectivity index (χ2n) is 6.37. The molecular formula is C20H20ClFN2O2. The maximum absolute atomic E-state index is 12.9. The first-order valence-corrected chi connectivity index (χ1v) is 9.01. The van der Waals surface area contributed by atoms with Gasteiger partial charge in [-0.05, 0) is 61.2 Å². The van der Waals surface area contributed by atoms with Crippen molar-refractivity contribution >= 4 is 29.1 Å². The summed E-state index contributed by atoms with van der Waals surface area (Å²) in [6.07, 6.45) is 2.29. The predicted octanol–water partition coefficient (Wildman–Crippen LogP) is 4.04. The fraction of sp³-hybridized carbons (Fsp3) is 0.300. The number of amides is 2. The number of likely N-dealkylation sites (tertiary alicyclic amines) is 1. The molecular weight excluding hydrogens is 355 g/mol. The van der Waals surface area contributed by atoms with Gasteiger partial charge in [0.15, 0.2) is 0 Å². The highest BCUT2D eigenvalue weighted by Crippen LogP contribution is 2.21. The summed E-state index contributed by atoms with van der Waals surface area (Å²) in [6, 6.07) is 12.6. The van der Waals surface area contributed by atoms with Crippen LogP contribution in [0.2, 0.25) is 5.02 Å². The van der Waals surface area contributed by atoms with E-state index in [0.29, 0.717) is 36.5 Å². The van der Waals surface area contributed by atoms with Gasteiger partial charge in [0.2, 0.25) is 11.8 Å². The maximum atomic E-state index is 12.9. The molecule has 0 spiro atoms. The number of hydrogen-bond donors (Lipinski definition) is 1. The van der Waals surface area contributed by atoms with Crippen LogP contribution in [-0.2, 0) is 16.0 Å². The topological polar surface area (TPSA) is 49.4 Å². The zero-order valence-corrected chi connectivity index (χ0v) is 15.0. The summed E-state index contributed by atoms with van der Waals surface area (Å²) in [5, 5.41) is 3.44. The smallest absolute Gasteiger partial charge is 0.247 e. The van der Waals surface area contributed by atoms with Crippen LogP contribution in [0.1, 0.15) is 24.8 Å². The first-order chi connectivity index (χ1) is 12.5. The van der Waals surface area contributed by atoms with Crippen molar-refractivity contribution < 1.29 is 14.0 Å². The Hall–Kier alpha value is -2.40. The molecule has 4 nitrogen and oxygen atoms in total. The minimum absolute atomic E-state index is 0.0527. The fourth-order valence-electron chi connectivity index (χ4n) is 3.14. The molecule has 1 aliphatic heterocycles. The Morgan fingerprint density at radius 3 is 2.50 bits per heavy atom. The van der Waals surface area contributed by atoms with Crippen LogP contribution in [0.25, 0.3) is 0 Å².